The maximum atomic E-state index is 4.43. The molecule has 0 atom stereocenters. The molecule has 2 nitrogen and oxygen atoms in total. The largest absolute Gasteiger partial charge is 0.254 e. The van der Waals surface area contributed by atoms with Crippen LogP contribution in [0.15, 0.2) is 49.3 Å². The third-order valence-corrected chi connectivity index (χ3v) is 2.64. The van der Waals surface area contributed by atoms with E-state index in [4.69, 9.17) is 0 Å². The Bertz CT molecular complexity index is 483. The van der Waals surface area contributed by atoms with Crippen molar-refractivity contribution < 1.29 is 0 Å². The molecule has 0 aliphatic rings. The molecule has 17 heavy (non-hydrogen) atoms. The molecule has 0 aliphatic heterocycles. The predicted molar refractivity (Wildman–Crippen MR) is 70.7 cm³/mol. The van der Waals surface area contributed by atoms with Crippen LogP contribution in [0, 0.1) is 6.92 Å². The quantitative estimate of drug-likeness (QED) is 0.742. The first-order valence-corrected chi connectivity index (χ1v) is 5.78. The number of aryl methyl sites for hydroxylation is 2. The monoisotopic (exact) mass is 224 g/mol. The average Bonchev–Trinajstić information content (AvgIpc) is 2.38. The lowest BCUT2D eigenvalue weighted by molar-refractivity contribution is 0.990. The molecule has 86 valence electrons. The number of aromatic nitrogens is 2. The van der Waals surface area contributed by atoms with Crippen LogP contribution in [0.2, 0.25) is 0 Å². The summed E-state index contributed by atoms with van der Waals surface area (Å²) in [5.41, 5.74) is 4.25. The van der Waals surface area contributed by atoms with Crippen LogP contribution >= 0.6 is 0 Å². The van der Waals surface area contributed by atoms with Crippen molar-refractivity contribution in [1.29, 1.82) is 0 Å². The number of rotatable bonds is 4. The summed E-state index contributed by atoms with van der Waals surface area (Å²) in [6, 6.07) is 8.18. The zero-order valence-corrected chi connectivity index (χ0v) is 10.1. The van der Waals surface area contributed by atoms with Crippen LogP contribution in [-0.4, -0.2) is 9.97 Å². The van der Waals surface area contributed by atoms with E-state index in [0.29, 0.717) is 0 Å². The first kappa shape index (κ1) is 11.5. The Balaban J connectivity index is 2.17. The lowest BCUT2D eigenvalue weighted by Gasteiger charge is -2.02. The van der Waals surface area contributed by atoms with E-state index in [1.54, 1.807) is 0 Å². The van der Waals surface area contributed by atoms with Crippen LogP contribution in [-0.2, 0) is 6.42 Å². The molecular formula is C15H16N2. The topological polar surface area (TPSA) is 25.8 Å². The Hall–Kier alpha value is -1.96. The number of pyridine rings is 2. The number of nitrogens with zero attached hydrogens (tertiary/aromatic N) is 2. The van der Waals surface area contributed by atoms with Gasteiger partial charge in [-0.05, 0) is 43.0 Å². The standard InChI is InChI=1S/C15H16N2/c1-3-4-5-13-7-9-15(17-11-13)14-8-6-12(2)10-16-14/h3,6-11H,1,4-5H2,2H3. The zero-order valence-electron chi connectivity index (χ0n) is 10.1. The average molecular weight is 224 g/mol. The summed E-state index contributed by atoms with van der Waals surface area (Å²) < 4.78 is 0. The molecule has 2 heterocycles. The highest BCUT2D eigenvalue weighted by molar-refractivity contribution is 5.53. The third-order valence-electron chi connectivity index (χ3n) is 2.64. The summed E-state index contributed by atoms with van der Waals surface area (Å²) in [7, 11) is 0. The molecule has 0 bridgehead atoms. The van der Waals surface area contributed by atoms with Crippen molar-refractivity contribution >= 4 is 0 Å². The van der Waals surface area contributed by atoms with E-state index >= 15 is 0 Å². The number of hydrogen-bond donors (Lipinski definition) is 0. The second-order valence-electron chi connectivity index (χ2n) is 4.10. The molecule has 0 fully saturated rings. The number of hydrogen-bond acceptors (Lipinski definition) is 2. The van der Waals surface area contributed by atoms with Gasteiger partial charge in [0.1, 0.15) is 0 Å². The highest BCUT2D eigenvalue weighted by atomic mass is 14.8. The normalized spacial score (nSPS) is 10.2. The fourth-order valence-electron chi connectivity index (χ4n) is 1.61. The maximum Gasteiger partial charge on any atom is 0.0886 e. The first-order valence-electron chi connectivity index (χ1n) is 5.78. The molecule has 0 unspecified atom stereocenters. The maximum absolute atomic E-state index is 4.43. The van der Waals surface area contributed by atoms with Gasteiger partial charge in [-0.1, -0.05) is 18.2 Å². The first-order chi connectivity index (χ1) is 8.29. The van der Waals surface area contributed by atoms with E-state index in [-0.39, 0.29) is 0 Å². The van der Waals surface area contributed by atoms with Crippen molar-refractivity contribution in [2.45, 2.75) is 19.8 Å². The van der Waals surface area contributed by atoms with Crippen molar-refractivity contribution in [3.05, 3.63) is 60.4 Å². The van der Waals surface area contributed by atoms with Crippen LogP contribution in [0.3, 0.4) is 0 Å². The van der Waals surface area contributed by atoms with Crippen LogP contribution in [0.1, 0.15) is 17.5 Å². The van der Waals surface area contributed by atoms with Crippen molar-refractivity contribution in [3.63, 3.8) is 0 Å². The van der Waals surface area contributed by atoms with Crippen molar-refractivity contribution in [2.75, 3.05) is 0 Å². The molecular weight excluding hydrogens is 208 g/mol. The Labute approximate surface area is 102 Å². The molecule has 0 radical (unpaired) electrons. The summed E-state index contributed by atoms with van der Waals surface area (Å²) in [6.07, 6.45) is 7.69. The van der Waals surface area contributed by atoms with Gasteiger partial charge in [0.15, 0.2) is 0 Å². The van der Waals surface area contributed by atoms with Gasteiger partial charge in [-0.25, -0.2) is 0 Å². The van der Waals surface area contributed by atoms with E-state index in [2.05, 4.69) is 28.7 Å². The second-order valence-corrected chi connectivity index (χ2v) is 4.10. The fourth-order valence-corrected chi connectivity index (χ4v) is 1.61. The van der Waals surface area contributed by atoms with Gasteiger partial charge in [0, 0.05) is 12.4 Å². The minimum absolute atomic E-state index is 0.922. The van der Waals surface area contributed by atoms with Crippen molar-refractivity contribution in [3.8, 4) is 11.4 Å². The van der Waals surface area contributed by atoms with E-state index in [1.807, 2.05) is 37.5 Å². The summed E-state index contributed by atoms with van der Waals surface area (Å²) in [5.74, 6) is 0. The minimum atomic E-state index is 0.922. The SMILES string of the molecule is C=CCCc1ccc(-c2ccc(C)cn2)nc1. The molecule has 0 aromatic carbocycles. The predicted octanol–water partition coefficient (Wildman–Crippen LogP) is 3.57. The second kappa shape index (κ2) is 5.39. The number of allylic oxidation sites excluding steroid dienone is 1. The van der Waals surface area contributed by atoms with E-state index < -0.39 is 0 Å². The van der Waals surface area contributed by atoms with E-state index in [0.717, 1.165) is 29.8 Å². The highest BCUT2D eigenvalue weighted by Crippen LogP contribution is 2.15. The van der Waals surface area contributed by atoms with Crippen molar-refractivity contribution in [1.82, 2.24) is 9.97 Å². The molecule has 2 aromatic rings. The molecule has 2 aromatic heterocycles. The van der Waals surface area contributed by atoms with Crippen LogP contribution in [0.5, 0.6) is 0 Å². The summed E-state index contributed by atoms with van der Waals surface area (Å²) >= 11 is 0. The van der Waals surface area contributed by atoms with Crippen LogP contribution in [0.4, 0.5) is 0 Å². The summed E-state index contributed by atoms with van der Waals surface area (Å²) in [5, 5.41) is 0. The van der Waals surface area contributed by atoms with Crippen LogP contribution in [0.25, 0.3) is 11.4 Å². The highest BCUT2D eigenvalue weighted by Gasteiger charge is 2.00. The molecule has 2 rings (SSSR count). The molecule has 0 saturated heterocycles. The summed E-state index contributed by atoms with van der Waals surface area (Å²) in [4.78, 5) is 8.80. The molecule has 2 heteroatoms. The molecule has 0 aliphatic carbocycles. The van der Waals surface area contributed by atoms with Gasteiger partial charge in [0.2, 0.25) is 0 Å². The van der Waals surface area contributed by atoms with Crippen LogP contribution < -0.4 is 0 Å². The van der Waals surface area contributed by atoms with Gasteiger partial charge < -0.3 is 0 Å². The Kier molecular flexibility index (Phi) is 3.66. The molecule has 0 N–H and O–H groups in total. The smallest absolute Gasteiger partial charge is 0.0886 e. The van der Waals surface area contributed by atoms with Gasteiger partial charge in [0.05, 0.1) is 11.4 Å². The Morgan fingerprint density at radius 3 is 2.29 bits per heavy atom. The fraction of sp³-hybridized carbons (Fsp3) is 0.200. The Morgan fingerprint density at radius 1 is 1.06 bits per heavy atom. The minimum Gasteiger partial charge on any atom is -0.254 e. The lowest BCUT2D eigenvalue weighted by Crippen LogP contribution is -1.90. The van der Waals surface area contributed by atoms with E-state index in [1.165, 1.54) is 5.56 Å². The zero-order chi connectivity index (χ0) is 12.1. The van der Waals surface area contributed by atoms with Gasteiger partial charge in [-0.15, -0.1) is 6.58 Å². The summed E-state index contributed by atoms with van der Waals surface area (Å²) in [6.45, 7) is 5.75. The van der Waals surface area contributed by atoms with Gasteiger partial charge in [0.25, 0.3) is 0 Å². The lowest BCUT2D eigenvalue weighted by atomic mass is 10.1. The molecule has 0 spiro atoms. The molecule has 0 saturated carbocycles. The van der Waals surface area contributed by atoms with Gasteiger partial charge >= 0.3 is 0 Å². The molecule has 0 amide bonds. The third kappa shape index (κ3) is 3.00. The van der Waals surface area contributed by atoms with Crippen molar-refractivity contribution in [2.24, 2.45) is 0 Å². The Morgan fingerprint density at radius 2 is 1.76 bits per heavy atom. The van der Waals surface area contributed by atoms with E-state index in [9.17, 15) is 0 Å². The van der Waals surface area contributed by atoms with Gasteiger partial charge in [-0.2, -0.15) is 0 Å². The van der Waals surface area contributed by atoms with Gasteiger partial charge in [-0.3, -0.25) is 9.97 Å².